The van der Waals surface area contributed by atoms with Crippen LogP contribution in [0.2, 0.25) is 0 Å². The zero-order chi connectivity index (χ0) is 8.72. The summed E-state index contributed by atoms with van der Waals surface area (Å²) >= 11 is 1.90. The van der Waals surface area contributed by atoms with Crippen molar-refractivity contribution in [2.45, 2.75) is 0 Å². The molecule has 0 aliphatic heterocycles. The smallest absolute Gasteiger partial charge is 0.262 e. The fraction of sp³-hybridized carbons (Fsp3) is 0. The van der Waals surface area contributed by atoms with Crippen molar-refractivity contribution in [3.05, 3.63) is 20.4 Å². The third kappa shape index (κ3) is 0.967. The summed E-state index contributed by atoms with van der Waals surface area (Å²) in [4.78, 5) is 18.8. The Hall–Kier alpha value is -1.12. The first-order valence-electron chi connectivity index (χ1n) is 3.07. The predicted molar refractivity (Wildman–Crippen MR) is 51.0 cm³/mol. The van der Waals surface area contributed by atoms with Crippen LogP contribution in [0.4, 0.5) is 0 Å². The number of hydrogen-bond donors (Lipinski definition) is 2. The van der Waals surface area contributed by atoms with E-state index in [1.54, 1.807) is 0 Å². The van der Waals surface area contributed by atoms with Gasteiger partial charge in [0.05, 0.1) is 6.20 Å². The molecule has 12 heavy (non-hydrogen) atoms. The lowest BCUT2D eigenvalue weighted by molar-refractivity contribution is 0.845. The van der Waals surface area contributed by atoms with Gasteiger partial charge in [0.25, 0.3) is 5.56 Å². The first-order valence-corrected chi connectivity index (χ1v) is 4.15. The summed E-state index contributed by atoms with van der Waals surface area (Å²) in [7, 11) is 0. The summed E-state index contributed by atoms with van der Waals surface area (Å²) in [6.07, 6.45) is 1.39. The van der Waals surface area contributed by atoms with Crippen LogP contribution >= 0.6 is 22.6 Å². The second kappa shape index (κ2) is 2.44. The van der Waals surface area contributed by atoms with Crippen molar-refractivity contribution in [3.8, 4) is 0 Å². The Labute approximate surface area is 79.9 Å². The van der Waals surface area contributed by atoms with Crippen LogP contribution in [-0.2, 0) is 0 Å². The van der Waals surface area contributed by atoms with Gasteiger partial charge in [0.2, 0.25) is 0 Å². The fourth-order valence-corrected chi connectivity index (χ4v) is 1.38. The zero-order valence-electron chi connectivity index (χ0n) is 5.78. The van der Waals surface area contributed by atoms with E-state index in [2.05, 4.69) is 15.1 Å². The molecule has 0 fully saturated rings. The largest absolute Gasteiger partial charge is 0.321 e. The number of nitrogens with zero attached hydrogens (tertiary/aromatic N) is 3. The molecule has 2 aromatic heterocycles. The van der Waals surface area contributed by atoms with E-state index in [0.717, 1.165) is 4.79 Å². The lowest BCUT2D eigenvalue weighted by Crippen LogP contribution is -2.14. The Bertz CT molecular complexity index is 486. The number of nitrogens with one attached hydrogen (secondary N) is 1. The molecule has 0 unspecified atom stereocenters. The molecule has 0 aliphatic carbocycles. The first kappa shape index (κ1) is 7.53. The van der Waals surface area contributed by atoms with Gasteiger partial charge in [-0.15, -0.1) is 0 Å². The highest BCUT2D eigenvalue weighted by Crippen LogP contribution is 2.03. The average molecular weight is 277 g/mol. The molecular formula is C5H4IN5O. The monoisotopic (exact) mass is 277 g/mol. The average Bonchev–Trinajstić information content (AvgIpc) is 2.33. The topological polar surface area (TPSA) is 89.6 Å². The van der Waals surface area contributed by atoms with E-state index in [9.17, 15) is 4.79 Å². The lowest BCUT2D eigenvalue weighted by Gasteiger charge is -1.92. The number of hydrogen-bond acceptors (Lipinski definition) is 4. The molecule has 6 nitrogen and oxygen atoms in total. The highest BCUT2D eigenvalue weighted by Gasteiger charge is 2.05. The minimum absolute atomic E-state index is 0.221. The van der Waals surface area contributed by atoms with E-state index in [0.29, 0.717) is 14.9 Å². The maximum Gasteiger partial charge on any atom is 0.262 e. The van der Waals surface area contributed by atoms with Crippen LogP contribution in [-0.4, -0.2) is 19.9 Å². The lowest BCUT2D eigenvalue weighted by atomic mass is 10.4. The van der Waals surface area contributed by atoms with Gasteiger partial charge in [-0.1, -0.05) is 0 Å². The summed E-state index contributed by atoms with van der Waals surface area (Å²) in [5.74, 6) is 5.40. The van der Waals surface area contributed by atoms with E-state index < -0.39 is 0 Å². The quantitative estimate of drug-likeness (QED) is 0.383. The van der Waals surface area contributed by atoms with Gasteiger partial charge in [-0.3, -0.25) is 4.79 Å². The summed E-state index contributed by atoms with van der Waals surface area (Å²) in [6, 6.07) is 0. The normalized spacial score (nSPS) is 10.8. The standard InChI is InChI=1S/C5H4IN5O/c6-5-9-3-2(4(12)10-5)1-8-11(3)7/h1H,7H2,(H,9,10,12). The molecule has 62 valence electrons. The Balaban J connectivity index is 3.03. The van der Waals surface area contributed by atoms with Crippen LogP contribution in [0.3, 0.4) is 0 Å². The van der Waals surface area contributed by atoms with E-state index in [4.69, 9.17) is 5.84 Å². The molecule has 3 N–H and O–H groups in total. The Morgan fingerprint density at radius 3 is 3.17 bits per heavy atom. The van der Waals surface area contributed by atoms with Gasteiger partial charge in [0.1, 0.15) is 5.39 Å². The van der Waals surface area contributed by atoms with Crippen LogP contribution in [0.25, 0.3) is 11.0 Å². The van der Waals surface area contributed by atoms with E-state index in [1.165, 1.54) is 6.20 Å². The predicted octanol–water partition coefficient (Wildman–Crippen LogP) is -0.562. The summed E-state index contributed by atoms with van der Waals surface area (Å²) in [5, 5.41) is 4.11. The van der Waals surface area contributed by atoms with Gasteiger partial charge in [-0.2, -0.15) is 9.89 Å². The van der Waals surface area contributed by atoms with Crippen molar-refractivity contribution in [3.63, 3.8) is 0 Å². The summed E-state index contributed by atoms with van der Waals surface area (Å²) in [5.41, 5.74) is 0.171. The van der Waals surface area contributed by atoms with Crippen LogP contribution in [0.5, 0.6) is 0 Å². The number of rotatable bonds is 0. The van der Waals surface area contributed by atoms with Crippen molar-refractivity contribution in [1.29, 1.82) is 0 Å². The van der Waals surface area contributed by atoms with Gasteiger partial charge in [0, 0.05) is 0 Å². The number of halogens is 1. The second-order valence-electron chi connectivity index (χ2n) is 2.18. The van der Waals surface area contributed by atoms with Crippen molar-refractivity contribution in [1.82, 2.24) is 19.9 Å². The molecule has 0 bridgehead atoms. The number of aromatic nitrogens is 4. The van der Waals surface area contributed by atoms with Gasteiger partial charge >= 0.3 is 0 Å². The molecule has 0 saturated heterocycles. The van der Waals surface area contributed by atoms with Crippen molar-refractivity contribution < 1.29 is 0 Å². The summed E-state index contributed by atoms with van der Waals surface area (Å²) in [6.45, 7) is 0. The van der Waals surface area contributed by atoms with E-state index in [1.807, 2.05) is 22.6 Å². The number of aromatic amines is 1. The zero-order valence-corrected chi connectivity index (χ0v) is 7.94. The molecule has 2 aromatic rings. The maximum atomic E-state index is 11.2. The van der Waals surface area contributed by atoms with Crippen LogP contribution in [0.1, 0.15) is 0 Å². The molecule has 0 spiro atoms. The van der Waals surface area contributed by atoms with Gasteiger partial charge in [-0.25, -0.2) is 4.98 Å². The van der Waals surface area contributed by atoms with E-state index in [-0.39, 0.29) is 5.56 Å². The third-order valence-corrected chi connectivity index (χ3v) is 1.95. The Morgan fingerprint density at radius 1 is 1.67 bits per heavy atom. The molecule has 2 heterocycles. The second-order valence-corrected chi connectivity index (χ2v) is 3.20. The SMILES string of the molecule is Nn1ncc2c(=O)[nH]c(I)nc21. The molecule has 0 atom stereocenters. The van der Waals surface area contributed by atoms with E-state index >= 15 is 0 Å². The molecule has 0 radical (unpaired) electrons. The molecule has 0 saturated carbocycles. The van der Waals surface area contributed by atoms with Gasteiger partial charge < -0.3 is 10.8 Å². The molecule has 0 aliphatic rings. The van der Waals surface area contributed by atoms with Gasteiger partial charge in [-0.05, 0) is 22.6 Å². The fourth-order valence-electron chi connectivity index (χ4n) is 0.909. The molecule has 0 amide bonds. The highest BCUT2D eigenvalue weighted by molar-refractivity contribution is 14.1. The maximum absolute atomic E-state index is 11.2. The van der Waals surface area contributed by atoms with Crippen LogP contribution < -0.4 is 11.4 Å². The molecule has 7 heteroatoms. The van der Waals surface area contributed by atoms with Crippen LogP contribution in [0.15, 0.2) is 11.0 Å². The van der Waals surface area contributed by atoms with Gasteiger partial charge in [0.15, 0.2) is 9.48 Å². The highest BCUT2D eigenvalue weighted by atomic mass is 127. The Kier molecular flexibility index (Phi) is 1.53. The third-order valence-electron chi connectivity index (χ3n) is 1.43. The number of nitrogens with two attached hydrogens (primary N) is 1. The number of H-pyrrole nitrogens is 1. The number of nitrogen functional groups attached to an aromatic ring is 1. The summed E-state index contributed by atoms with van der Waals surface area (Å²) < 4.78 is 0.498. The molecule has 2 rings (SSSR count). The molecular weight excluding hydrogens is 273 g/mol. The first-order chi connectivity index (χ1) is 5.68. The molecule has 0 aromatic carbocycles. The minimum Gasteiger partial charge on any atom is -0.321 e. The Morgan fingerprint density at radius 2 is 2.42 bits per heavy atom. The van der Waals surface area contributed by atoms with Crippen molar-refractivity contribution in [2.24, 2.45) is 0 Å². The minimum atomic E-state index is -0.221. The van der Waals surface area contributed by atoms with Crippen molar-refractivity contribution in [2.75, 3.05) is 5.84 Å². The van der Waals surface area contributed by atoms with Crippen molar-refractivity contribution >= 4 is 33.6 Å². The van der Waals surface area contributed by atoms with Crippen LogP contribution in [0, 0.1) is 3.83 Å². The number of fused-ring (bicyclic) bond motifs is 1.